The van der Waals surface area contributed by atoms with Crippen molar-refractivity contribution in [2.24, 2.45) is 0 Å². The van der Waals surface area contributed by atoms with E-state index in [1.807, 2.05) is 6.92 Å². The van der Waals surface area contributed by atoms with Gasteiger partial charge in [0.25, 0.3) is 0 Å². The summed E-state index contributed by atoms with van der Waals surface area (Å²) < 4.78 is 33.0. The van der Waals surface area contributed by atoms with Crippen LogP contribution < -0.4 is 9.46 Å². The lowest BCUT2D eigenvalue weighted by Crippen LogP contribution is -2.52. The number of aliphatic hydroxyl groups excluding tert-OH is 1. The van der Waals surface area contributed by atoms with Crippen molar-refractivity contribution in [2.45, 2.75) is 49.5 Å². The molecule has 0 heterocycles. The summed E-state index contributed by atoms with van der Waals surface area (Å²) in [4.78, 5) is 0.261. The van der Waals surface area contributed by atoms with Gasteiger partial charge in [0.1, 0.15) is 5.75 Å². The predicted octanol–water partition coefficient (Wildman–Crippen LogP) is 2.06. The van der Waals surface area contributed by atoms with Crippen LogP contribution in [0.15, 0.2) is 29.2 Å². The maximum absolute atomic E-state index is 12.4. The molecule has 0 spiro atoms. The van der Waals surface area contributed by atoms with Gasteiger partial charge in [-0.25, -0.2) is 13.1 Å². The van der Waals surface area contributed by atoms with Gasteiger partial charge in [0.2, 0.25) is 10.0 Å². The third-order valence-corrected chi connectivity index (χ3v) is 5.64. The van der Waals surface area contributed by atoms with Crippen molar-refractivity contribution < 1.29 is 18.3 Å². The molecule has 118 valence electrons. The van der Waals surface area contributed by atoms with E-state index in [1.54, 1.807) is 24.3 Å². The summed E-state index contributed by atoms with van der Waals surface area (Å²) in [6.07, 6.45) is 4.26. The topological polar surface area (TPSA) is 75.6 Å². The summed E-state index contributed by atoms with van der Waals surface area (Å²) >= 11 is 0. The van der Waals surface area contributed by atoms with Crippen molar-refractivity contribution in [3.63, 3.8) is 0 Å². The van der Waals surface area contributed by atoms with Crippen LogP contribution >= 0.6 is 0 Å². The van der Waals surface area contributed by atoms with Gasteiger partial charge in [0.15, 0.2) is 0 Å². The average Bonchev–Trinajstić information content (AvgIpc) is 2.44. The first-order valence-electron chi connectivity index (χ1n) is 7.39. The second-order valence-corrected chi connectivity index (χ2v) is 7.17. The Morgan fingerprint density at radius 3 is 2.43 bits per heavy atom. The zero-order chi connectivity index (χ0) is 15.3. The second kappa shape index (κ2) is 6.77. The molecular weight excluding hydrogens is 290 g/mol. The standard InChI is InChI=1S/C15H23NO4S/c1-2-15(9-3-10-15)16-21(18,19)14-7-5-13(6-8-14)20-12-4-11-17/h5-8,16-17H,2-4,9-12H2,1H3. The first kappa shape index (κ1) is 16.3. The van der Waals surface area contributed by atoms with Crippen LogP contribution in [0.4, 0.5) is 0 Å². The third-order valence-electron chi connectivity index (χ3n) is 4.04. The van der Waals surface area contributed by atoms with E-state index in [9.17, 15) is 8.42 Å². The number of sulfonamides is 1. The Kier molecular flexibility index (Phi) is 5.24. The lowest BCUT2D eigenvalue weighted by atomic mass is 9.76. The summed E-state index contributed by atoms with van der Waals surface area (Å²) in [5.74, 6) is 0.608. The SMILES string of the molecule is CCC1(NS(=O)(=O)c2ccc(OCCCO)cc2)CCC1. The van der Waals surface area contributed by atoms with Crippen LogP contribution in [0.1, 0.15) is 39.0 Å². The summed E-state index contributed by atoms with van der Waals surface area (Å²) in [6, 6.07) is 6.40. The highest BCUT2D eigenvalue weighted by Crippen LogP contribution is 2.36. The molecule has 0 amide bonds. The van der Waals surface area contributed by atoms with E-state index in [1.165, 1.54) is 0 Å². The van der Waals surface area contributed by atoms with Crippen molar-refractivity contribution in [1.82, 2.24) is 4.72 Å². The van der Waals surface area contributed by atoms with Crippen molar-refractivity contribution >= 4 is 10.0 Å². The van der Waals surface area contributed by atoms with E-state index in [-0.39, 0.29) is 17.0 Å². The maximum Gasteiger partial charge on any atom is 0.241 e. The van der Waals surface area contributed by atoms with Crippen molar-refractivity contribution in [2.75, 3.05) is 13.2 Å². The van der Waals surface area contributed by atoms with Gasteiger partial charge in [-0.15, -0.1) is 0 Å². The molecule has 0 saturated heterocycles. The Morgan fingerprint density at radius 1 is 1.29 bits per heavy atom. The van der Waals surface area contributed by atoms with E-state index < -0.39 is 10.0 Å². The Labute approximate surface area is 126 Å². The smallest absolute Gasteiger partial charge is 0.241 e. The van der Waals surface area contributed by atoms with Crippen LogP contribution in [0.5, 0.6) is 5.75 Å². The van der Waals surface area contributed by atoms with Crippen LogP contribution in [0.3, 0.4) is 0 Å². The molecule has 0 aromatic heterocycles. The number of benzene rings is 1. The van der Waals surface area contributed by atoms with E-state index >= 15 is 0 Å². The van der Waals surface area contributed by atoms with Crippen molar-refractivity contribution in [3.8, 4) is 5.75 Å². The average molecular weight is 313 g/mol. The molecule has 0 aliphatic heterocycles. The molecule has 2 rings (SSSR count). The van der Waals surface area contributed by atoms with Gasteiger partial charge in [-0.05, 0) is 49.9 Å². The highest BCUT2D eigenvalue weighted by Gasteiger charge is 2.38. The molecule has 6 heteroatoms. The minimum atomic E-state index is -3.48. The number of hydrogen-bond donors (Lipinski definition) is 2. The summed E-state index contributed by atoms with van der Waals surface area (Å²) in [6.45, 7) is 2.51. The van der Waals surface area contributed by atoms with Gasteiger partial charge in [-0.3, -0.25) is 0 Å². The molecule has 1 aromatic rings. The third kappa shape index (κ3) is 3.96. The normalized spacial score (nSPS) is 17.2. The van der Waals surface area contributed by atoms with Gasteiger partial charge in [-0.1, -0.05) is 6.92 Å². The van der Waals surface area contributed by atoms with Crippen LogP contribution in [-0.2, 0) is 10.0 Å². The fraction of sp³-hybridized carbons (Fsp3) is 0.600. The van der Waals surface area contributed by atoms with Crippen molar-refractivity contribution in [1.29, 1.82) is 0 Å². The quantitative estimate of drug-likeness (QED) is 0.720. The first-order valence-corrected chi connectivity index (χ1v) is 8.87. The number of ether oxygens (including phenoxy) is 1. The van der Waals surface area contributed by atoms with Gasteiger partial charge in [0, 0.05) is 18.6 Å². The number of nitrogens with one attached hydrogen (secondary N) is 1. The lowest BCUT2D eigenvalue weighted by molar-refractivity contribution is 0.214. The zero-order valence-electron chi connectivity index (χ0n) is 12.3. The summed E-state index contributed by atoms with van der Waals surface area (Å²) in [5, 5.41) is 8.69. The zero-order valence-corrected chi connectivity index (χ0v) is 13.2. The summed E-state index contributed by atoms with van der Waals surface area (Å²) in [7, 11) is -3.48. The molecule has 0 unspecified atom stereocenters. The molecule has 0 atom stereocenters. The van der Waals surface area contributed by atoms with Crippen LogP contribution in [0.2, 0.25) is 0 Å². The highest BCUT2D eigenvalue weighted by atomic mass is 32.2. The molecule has 1 saturated carbocycles. The molecule has 1 fully saturated rings. The van der Waals surface area contributed by atoms with E-state index in [0.717, 1.165) is 25.7 Å². The monoisotopic (exact) mass is 313 g/mol. The van der Waals surface area contributed by atoms with Crippen LogP contribution in [-0.4, -0.2) is 32.3 Å². The van der Waals surface area contributed by atoms with Crippen LogP contribution in [0.25, 0.3) is 0 Å². The molecule has 1 aromatic carbocycles. The Hall–Kier alpha value is -1.11. The van der Waals surface area contributed by atoms with Gasteiger partial charge in [-0.2, -0.15) is 0 Å². The first-order chi connectivity index (χ1) is 10.0. The summed E-state index contributed by atoms with van der Waals surface area (Å²) in [5.41, 5.74) is -0.255. The largest absolute Gasteiger partial charge is 0.494 e. The maximum atomic E-state index is 12.4. The number of aliphatic hydroxyl groups is 1. The van der Waals surface area contributed by atoms with Gasteiger partial charge in [0.05, 0.1) is 11.5 Å². The fourth-order valence-corrected chi connectivity index (χ4v) is 3.98. The van der Waals surface area contributed by atoms with Gasteiger partial charge >= 0.3 is 0 Å². The second-order valence-electron chi connectivity index (χ2n) is 5.49. The molecule has 0 bridgehead atoms. The number of hydrogen-bond acceptors (Lipinski definition) is 4. The Balaban J connectivity index is 2.03. The molecular formula is C15H23NO4S. The molecule has 1 aliphatic rings. The lowest BCUT2D eigenvalue weighted by Gasteiger charge is -2.41. The van der Waals surface area contributed by atoms with Crippen LogP contribution in [0, 0.1) is 0 Å². The minimum Gasteiger partial charge on any atom is -0.494 e. The highest BCUT2D eigenvalue weighted by molar-refractivity contribution is 7.89. The Bertz CT molecular complexity index is 544. The predicted molar refractivity (Wildman–Crippen MR) is 80.8 cm³/mol. The number of rotatable bonds is 8. The van der Waals surface area contributed by atoms with E-state index in [4.69, 9.17) is 9.84 Å². The van der Waals surface area contributed by atoms with Gasteiger partial charge < -0.3 is 9.84 Å². The van der Waals surface area contributed by atoms with E-state index in [2.05, 4.69) is 4.72 Å². The molecule has 21 heavy (non-hydrogen) atoms. The fourth-order valence-electron chi connectivity index (χ4n) is 2.44. The minimum absolute atomic E-state index is 0.0789. The molecule has 2 N–H and O–H groups in total. The molecule has 1 aliphatic carbocycles. The van der Waals surface area contributed by atoms with E-state index in [0.29, 0.717) is 18.8 Å². The van der Waals surface area contributed by atoms with Crippen molar-refractivity contribution in [3.05, 3.63) is 24.3 Å². The molecule has 5 nitrogen and oxygen atoms in total. The molecule has 0 radical (unpaired) electrons. The Morgan fingerprint density at radius 2 is 1.95 bits per heavy atom.